The third-order valence-corrected chi connectivity index (χ3v) is 4.07. The van der Waals surface area contributed by atoms with Gasteiger partial charge in [0.05, 0.1) is 19.6 Å². The first-order valence-electron chi connectivity index (χ1n) is 6.91. The second-order valence-corrected chi connectivity index (χ2v) is 5.27. The van der Waals surface area contributed by atoms with E-state index in [9.17, 15) is 19.8 Å². The topological polar surface area (TPSA) is 103 Å². The van der Waals surface area contributed by atoms with Gasteiger partial charge in [-0.15, -0.1) is 0 Å². The molecule has 0 fully saturated rings. The van der Waals surface area contributed by atoms with Gasteiger partial charge >= 0.3 is 12.1 Å². The molecule has 3 N–H and O–H groups in total. The van der Waals surface area contributed by atoms with Crippen LogP contribution < -0.4 is 0 Å². The van der Waals surface area contributed by atoms with Crippen molar-refractivity contribution in [3.05, 3.63) is 29.5 Å². The van der Waals surface area contributed by atoms with Gasteiger partial charge in [-0.25, -0.2) is 4.79 Å². The van der Waals surface area contributed by atoms with Crippen LogP contribution in [-0.4, -0.2) is 45.8 Å². The number of hydrogen-bond acceptors (Lipinski definition) is 4. The molecule has 1 amide bonds. The van der Waals surface area contributed by atoms with E-state index in [2.05, 4.69) is 9.72 Å². The highest BCUT2D eigenvalue weighted by molar-refractivity contribution is 5.87. The molecular weight excluding hydrogens is 288 g/mol. The molecule has 3 rings (SSSR count). The summed E-state index contributed by atoms with van der Waals surface area (Å²) in [5.74, 6) is -0.315. The van der Waals surface area contributed by atoms with Crippen molar-refractivity contribution in [2.75, 3.05) is 13.7 Å². The van der Waals surface area contributed by atoms with Crippen LogP contribution in [0.25, 0.3) is 10.9 Å². The van der Waals surface area contributed by atoms with E-state index >= 15 is 0 Å². The molecule has 7 nitrogen and oxygen atoms in total. The number of aromatic nitrogens is 1. The summed E-state index contributed by atoms with van der Waals surface area (Å²) in [5.41, 5.74) is 2.45. The molecule has 1 aliphatic heterocycles. The van der Waals surface area contributed by atoms with Gasteiger partial charge in [0.1, 0.15) is 5.75 Å². The number of phenolic OH excluding ortho intramolecular Hbond substituents is 1. The molecule has 116 valence electrons. The zero-order valence-electron chi connectivity index (χ0n) is 12.0. The van der Waals surface area contributed by atoms with Crippen LogP contribution in [0, 0.1) is 0 Å². The Bertz CT molecular complexity index is 752. The lowest BCUT2D eigenvalue weighted by molar-refractivity contribution is -0.142. The predicted molar refractivity (Wildman–Crippen MR) is 77.8 cm³/mol. The van der Waals surface area contributed by atoms with Gasteiger partial charge in [0.15, 0.2) is 0 Å². The molecule has 2 heterocycles. The van der Waals surface area contributed by atoms with Crippen molar-refractivity contribution in [2.45, 2.75) is 18.9 Å². The molecular formula is C15H16N2O5. The van der Waals surface area contributed by atoms with E-state index in [4.69, 9.17) is 0 Å². The molecule has 7 heteroatoms. The van der Waals surface area contributed by atoms with E-state index in [1.807, 2.05) is 0 Å². The maximum atomic E-state index is 11.6. The minimum atomic E-state index is -1.07. The number of H-pyrrole nitrogens is 1. The van der Waals surface area contributed by atoms with Gasteiger partial charge in [-0.2, -0.15) is 0 Å². The van der Waals surface area contributed by atoms with E-state index in [-0.39, 0.29) is 12.2 Å². The van der Waals surface area contributed by atoms with Crippen LogP contribution in [0.2, 0.25) is 0 Å². The third kappa shape index (κ3) is 2.24. The Morgan fingerprint density at radius 1 is 1.45 bits per heavy atom. The molecule has 0 saturated carbocycles. The molecule has 0 saturated heterocycles. The van der Waals surface area contributed by atoms with Crippen LogP contribution in [0.5, 0.6) is 5.75 Å². The number of nitrogens with zero attached hydrogens (tertiary/aromatic N) is 1. The first-order chi connectivity index (χ1) is 10.5. The summed E-state index contributed by atoms with van der Waals surface area (Å²) >= 11 is 0. The fraction of sp³-hybridized carbons (Fsp3) is 0.333. The highest BCUT2D eigenvalue weighted by atomic mass is 16.5. The first-order valence-corrected chi connectivity index (χ1v) is 6.91. The quantitative estimate of drug-likeness (QED) is 0.736. The number of rotatable bonds is 2. The number of benzene rings is 1. The number of carbonyl (C=O) groups excluding carboxylic acids is 1. The summed E-state index contributed by atoms with van der Waals surface area (Å²) in [4.78, 5) is 27.5. The van der Waals surface area contributed by atoms with Crippen LogP contribution in [0.4, 0.5) is 4.79 Å². The van der Waals surface area contributed by atoms with Crippen molar-refractivity contribution in [3.8, 4) is 5.75 Å². The number of carbonyl (C=O) groups is 2. The number of esters is 1. The minimum absolute atomic E-state index is 0.0470. The maximum absolute atomic E-state index is 11.6. The van der Waals surface area contributed by atoms with Crippen molar-refractivity contribution >= 4 is 23.0 Å². The summed E-state index contributed by atoms with van der Waals surface area (Å²) in [5, 5.41) is 19.9. The van der Waals surface area contributed by atoms with Gasteiger partial charge in [-0.1, -0.05) is 0 Å². The second-order valence-electron chi connectivity index (χ2n) is 5.27. The molecule has 1 atom stereocenters. The Hall–Kier alpha value is -2.70. The molecule has 0 radical (unpaired) electrons. The van der Waals surface area contributed by atoms with Gasteiger partial charge < -0.3 is 19.9 Å². The van der Waals surface area contributed by atoms with Crippen molar-refractivity contribution < 1.29 is 24.5 Å². The second kappa shape index (κ2) is 5.25. The lowest BCUT2D eigenvalue weighted by Crippen LogP contribution is -2.40. The average Bonchev–Trinajstić information content (AvgIpc) is 2.85. The molecule has 0 spiro atoms. The van der Waals surface area contributed by atoms with E-state index in [1.165, 1.54) is 12.0 Å². The highest BCUT2D eigenvalue weighted by Crippen LogP contribution is 2.37. The van der Waals surface area contributed by atoms with Gasteiger partial charge in [-0.05, 0) is 30.2 Å². The predicted octanol–water partition coefficient (Wildman–Crippen LogP) is 2.01. The Morgan fingerprint density at radius 3 is 2.91 bits per heavy atom. The minimum Gasteiger partial charge on any atom is -0.508 e. The summed E-state index contributed by atoms with van der Waals surface area (Å²) < 4.78 is 4.68. The molecule has 2 aromatic rings. The van der Waals surface area contributed by atoms with Gasteiger partial charge in [0.2, 0.25) is 0 Å². The number of fused-ring (bicyclic) bond motifs is 3. The molecule has 22 heavy (non-hydrogen) atoms. The number of nitrogens with one attached hydrogen (secondary N) is 1. The van der Waals surface area contributed by atoms with Crippen molar-refractivity contribution in [1.29, 1.82) is 0 Å². The highest BCUT2D eigenvalue weighted by Gasteiger charge is 2.35. The SMILES string of the molecule is COC(=O)CC1c2[nH]c3ccc(O)cc3c2CCN1C(=O)O. The van der Waals surface area contributed by atoms with Crippen LogP contribution in [-0.2, 0) is 16.0 Å². The number of ether oxygens (including phenoxy) is 1. The average molecular weight is 304 g/mol. The monoisotopic (exact) mass is 304 g/mol. The fourth-order valence-corrected chi connectivity index (χ4v) is 3.04. The Labute approximate surface area is 126 Å². The van der Waals surface area contributed by atoms with E-state index < -0.39 is 18.1 Å². The summed E-state index contributed by atoms with van der Waals surface area (Å²) in [6.45, 7) is 0.298. The number of methoxy groups -OCH3 is 1. The number of hydrogen-bond donors (Lipinski definition) is 3. The Kier molecular flexibility index (Phi) is 3.40. The smallest absolute Gasteiger partial charge is 0.407 e. The van der Waals surface area contributed by atoms with Crippen LogP contribution >= 0.6 is 0 Å². The van der Waals surface area contributed by atoms with Gasteiger partial charge in [0.25, 0.3) is 0 Å². The van der Waals surface area contributed by atoms with E-state index in [1.54, 1.807) is 18.2 Å². The molecule has 1 aliphatic rings. The number of phenols is 1. The maximum Gasteiger partial charge on any atom is 0.407 e. The largest absolute Gasteiger partial charge is 0.508 e. The fourth-order valence-electron chi connectivity index (χ4n) is 3.04. The molecule has 1 aromatic heterocycles. The van der Waals surface area contributed by atoms with Crippen molar-refractivity contribution in [1.82, 2.24) is 9.88 Å². The summed E-state index contributed by atoms with van der Waals surface area (Å²) in [6, 6.07) is 4.34. The van der Waals surface area contributed by atoms with Crippen LogP contribution in [0.1, 0.15) is 23.7 Å². The summed E-state index contributed by atoms with van der Waals surface area (Å²) in [7, 11) is 1.28. The number of carboxylic acid groups (broad SMARTS) is 1. The molecule has 1 unspecified atom stereocenters. The normalized spacial score (nSPS) is 17.3. The lowest BCUT2D eigenvalue weighted by atomic mass is 9.95. The van der Waals surface area contributed by atoms with Crippen LogP contribution in [0.15, 0.2) is 18.2 Å². The van der Waals surface area contributed by atoms with E-state index in [0.29, 0.717) is 18.7 Å². The van der Waals surface area contributed by atoms with Gasteiger partial charge in [-0.3, -0.25) is 9.69 Å². The molecule has 0 aliphatic carbocycles. The standard InChI is InChI=1S/C15H16N2O5/c1-22-13(19)7-12-14-9(4-5-17(12)15(20)21)10-6-8(18)2-3-11(10)16-14/h2-3,6,12,16,18H,4-5,7H2,1H3,(H,20,21). The number of aromatic amines is 1. The Morgan fingerprint density at radius 2 is 2.23 bits per heavy atom. The third-order valence-electron chi connectivity index (χ3n) is 4.07. The number of amides is 1. The van der Waals surface area contributed by atoms with Crippen molar-refractivity contribution in [3.63, 3.8) is 0 Å². The van der Waals surface area contributed by atoms with Crippen LogP contribution in [0.3, 0.4) is 0 Å². The molecule has 0 bridgehead atoms. The Balaban J connectivity index is 2.11. The van der Waals surface area contributed by atoms with Crippen molar-refractivity contribution in [2.24, 2.45) is 0 Å². The zero-order chi connectivity index (χ0) is 15.9. The molecule has 1 aromatic carbocycles. The lowest BCUT2D eigenvalue weighted by Gasteiger charge is -2.33. The number of aromatic hydroxyl groups is 1. The first kappa shape index (κ1) is 14.2. The van der Waals surface area contributed by atoms with E-state index in [0.717, 1.165) is 16.5 Å². The zero-order valence-corrected chi connectivity index (χ0v) is 12.0. The summed E-state index contributed by atoms with van der Waals surface area (Å²) in [6.07, 6.45) is -0.585. The van der Waals surface area contributed by atoms with Gasteiger partial charge in [0, 0.05) is 23.1 Å².